The fraction of sp³-hybridized carbons (Fsp3) is 0.346. The van der Waals surface area contributed by atoms with Crippen LogP contribution in [0.4, 0.5) is 0 Å². The number of benzene rings is 2. The molecule has 2 aromatic carbocycles. The van der Waals surface area contributed by atoms with Crippen molar-refractivity contribution in [3.8, 4) is 0 Å². The Morgan fingerprint density at radius 1 is 1.17 bits per heavy atom. The molecule has 1 N–H and O–H groups in total. The van der Waals surface area contributed by atoms with E-state index in [9.17, 15) is 5.11 Å². The Kier molecular flexibility index (Phi) is 5.42. The summed E-state index contributed by atoms with van der Waals surface area (Å²) in [6, 6.07) is 19.3. The number of quaternary nitrogens is 1. The highest BCUT2D eigenvalue weighted by molar-refractivity contribution is 14.1. The van der Waals surface area contributed by atoms with Gasteiger partial charge in [-0.1, -0.05) is 36.4 Å². The largest absolute Gasteiger partial charge is 0.382 e. The van der Waals surface area contributed by atoms with Crippen LogP contribution in [0.1, 0.15) is 30.1 Å². The number of aliphatic hydroxyl groups excluding tert-OH is 1. The molecular weight excluding hydrogens is 483 g/mol. The number of piperidine rings is 3. The summed E-state index contributed by atoms with van der Waals surface area (Å²) in [4.78, 5) is 4.51. The Labute approximate surface area is 192 Å². The standard InChI is InChI=1S/C26H28IN2O/c1-2-19-17-29(16-18-7-9-21(27)10-8-18)14-12-20(19)15-25(29)26(30)23-11-13-28-24-6-4-3-5-22(23)24/h2-11,13,19-20,25-26,30H,1,12,14-17H2/q+1/t19?,20?,25?,26-,29?/m0/s1. The molecule has 3 fully saturated rings. The molecule has 3 aromatic rings. The molecule has 3 aliphatic rings. The van der Waals surface area contributed by atoms with E-state index in [0.717, 1.165) is 47.0 Å². The average molecular weight is 511 g/mol. The number of para-hydroxylation sites is 1. The molecule has 3 saturated heterocycles. The second-order valence-corrected chi connectivity index (χ2v) is 10.3. The van der Waals surface area contributed by atoms with Gasteiger partial charge in [0.05, 0.1) is 18.6 Å². The molecule has 5 atom stereocenters. The Bertz CT molecular complexity index is 1060. The minimum atomic E-state index is -0.490. The fourth-order valence-corrected chi connectivity index (χ4v) is 6.28. The van der Waals surface area contributed by atoms with Gasteiger partial charge in [-0.05, 0) is 58.3 Å². The zero-order valence-electron chi connectivity index (χ0n) is 17.1. The summed E-state index contributed by atoms with van der Waals surface area (Å²) >= 11 is 2.36. The predicted molar refractivity (Wildman–Crippen MR) is 130 cm³/mol. The number of hydrogen-bond donors (Lipinski definition) is 1. The molecule has 30 heavy (non-hydrogen) atoms. The smallest absolute Gasteiger partial charge is 0.131 e. The van der Waals surface area contributed by atoms with Crippen LogP contribution in [0.15, 0.2) is 73.4 Å². The summed E-state index contributed by atoms with van der Waals surface area (Å²) in [5.74, 6) is 1.17. The third-order valence-electron chi connectivity index (χ3n) is 7.45. The Balaban J connectivity index is 1.55. The van der Waals surface area contributed by atoms with Crippen molar-refractivity contribution in [2.75, 3.05) is 13.1 Å². The number of fused-ring (bicyclic) bond motifs is 4. The molecule has 3 nitrogen and oxygen atoms in total. The van der Waals surface area contributed by atoms with E-state index in [0.29, 0.717) is 11.8 Å². The third kappa shape index (κ3) is 3.49. The summed E-state index contributed by atoms with van der Waals surface area (Å²) in [6.07, 6.45) is 5.79. The highest BCUT2D eigenvalue weighted by atomic mass is 127. The van der Waals surface area contributed by atoms with Crippen LogP contribution in [0, 0.1) is 15.4 Å². The van der Waals surface area contributed by atoms with Gasteiger partial charge in [0.25, 0.3) is 0 Å². The van der Waals surface area contributed by atoms with Crippen molar-refractivity contribution in [2.24, 2.45) is 11.8 Å². The number of nitrogens with zero attached hydrogens (tertiary/aromatic N) is 2. The van der Waals surface area contributed by atoms with Crippen LogP contribution in [0.3, 0.4) is 0 Å². The van der Waals surface area contributed by atoms with Crippen molar-refractivity contribution < 1.29 is 9.59 Å². The van der Waals surface area contributed by atoms with Gasteiger partial charge in [-0.15, -0.1) is 6.58 Å². The summed E-state index contributed by atoms with van der Waals surface area (Å²) in [7, 11) is 0. The van der Waals surface area contributed by atoms with Crippen molar-refractivity contribution in [1.82, 2.24) is 4.98 Å². The highest BCUT2D eigenvalue weighted by Gasteiger charge is 2.53. The zero-order valence-corrected chi connectivity index (χ0v) is 19.3. The summed E-state index contributed by atoms with van der Waals surface area (Å²) in [5.41, 5.74) is 3.34. The topological polar surface area (TPSA) is 33.1 Å². The molecule has 6 rings (SSSR count). The first kappa shape index (κ1) is 20.2. The molecule has 0 amide bonds. The molecule has 4 heteroatoms. The van der Waals surface area contributed by atoms with E-state index in [-0.39, 0.29) is 6.04 Å². The van der Waals surface area contributed by atoms with Gasteiger partial charge in [0.15, 0.2) is 0 Å². The van der Waals surface area contributed by atoms with Gasteiger partial charge in [0.1, 0.15) is 18.7 Å². The average Bonchev–Trinajstić information content (AvgIpc) is 2.79. The lowest BCUT2D eigenvalue weighted by atomic mass is 9.71. The van der Waals surface area contributed by atoms with Crippen LogP contribution in [0.25, 0.3) is 10.9 Å². The molecule has 4 unspecified atom stereocenters. The quantitative estimate of drug-likeness (QED) is 0.280. The molecule has 0 spiro atoms. The maximum absolute atomic E-state index is 11.7. The lowest BCUT2D eigenvalue weighted by Crippen LogP contribution is -2.67. The second-order valence-electron chi connectivity index (χ2n) is 9.02. The fourth-order valence-electron chi connectivity index (χ4n) is 5.92. The van der Waals surface area contributed by atoms with E-state index in [2.05, 4.69) is 70.6 Å². The summed E-state index contributed by atoms with van der Waals surface area (Å²) in [5, 5.41) is 12.8. The summed E-state index contributed by atoms with van der Waals surface area (Å²) in [6.45, 7) is 7.32. The SMILES string of the molecule is C=CC1C[N+]2(Cc3ccc(I)cc3)CCC1CC2[C@@H](O)c1ccnc2ccccc12. The Morgan fingerprint density at radius 2 is 1.97 bits per heavy atom. The van der Waals surface area contributed by atoms with Crippen molar-refractivity contribution >= 4 is 33.5 Å². The van der Waals surface area contributed by atoms with Crippen LogP contribution < -0.4 is 0 Å². The van der Waals surface area contributed by atoms with Crippen LogP contribution in [-0.4, -0.2) is 33.7 Å². The van der Waals surface area contributed by atoms with Crippen molar-refractivity contribution in [3.05, 3.63) is 88.1 Å². The van der Waals surface area contributed by atoms with Gasteiger partial charge < -0.3 is 9.59 Å². The van der Waals surface area contributed by atoms with E-state index in [1.54, 1.807) is 0 Å². The third-order valence-corrected chi connectivity index (χ3v) is 8.17. The van der Waals surface area contributed by atoms with E-state index in [1.807, 2.05) is 30.5 Å². The van der Waals surface area contributed by atoms with E-state index in [4.69, 9.17) is 0 Å². The minimum Gasteiger partial charge on any atom is -0.382 e. The maximum Gasteiger partial charge on any atom is 0.131 e. The van der Waals surface area contributed by atoms with Crippen molar-refractivity contribution in [3.63, 3.8) is 0 Å². The molecule has 154 valence electrons. The van der Waals surface area contributed by atoms with E-state index < -0.39 is 6.10 Å². The molecule has 3 aliphatic heterocycles. The van der Waals surface area contributed by atoms with Crippen molar-refractivity contribution in [2.45, 2.75) is 31.5 Å². The Morgan fingerprint density at radius 3 is 2.77 bits per heavy atom. The molecular formula is C26H28IN2O+. The zero-order chi connectivity index (χ0) is 20.7. The number of hydrogen-bond acceptors (Lipinski definition) is 2. The molecule has 1 aromatic heterocycles. The van der Waals surface area contributed by atoms with Crippen LogP contribution in [0.2, 0.25) is 0 Å². The molecule has 0 aliphatic carbocycles. The van der Waals surface area contributed by atoms with Crippen LogP contribution in [-0.2, 0) is 6.54 Å². The van der Waals surface area contributed by atoms with Gasteiger partial charge in [-0.3, -0.25) is 4.98 Å². The summed E-state index contributed by atoms with van der Waals surface area (Å²) < 4.78 is 2.21. The van der Waals surface area contributed by atoms with Crippen molar-refractivity contribution in [1.29, 1.82) is 0 Å². The number of aromatic nitrogens is 1. The lowest BCUT2D eigenvalue weighted by Gasteiger charge is -2.58. The normalized spacial score (nSPS) is 29.1. The minimum absolute atomic E-state index is 0.199. The first-order valence-electron chi connectivity index (χ1n) is 10.8. The number of pyridine rings is 1. The predicted octanol–water partition coefficient (Wildman–Crippen LogP) is 5.48. The second kappa shape index (κ2) is 8.06. The number of halogens is 1. The van der Waals surface area contributed by atoms with E-state index >= 15 is 0 Å². The lowest BCUT2D eigenvalue weighted by molar-refractivity contribution is -0.984. The Hall–Kier alpha value is -1.76. The van der Waals surface area contributed by atoms with Gasteiger partial charge in [-0.2, -0.15) is 0 Å². The van der Waals surface area contributed by atoms with Gasteiger partial charge in [0.2, 0.25) is 0 Å². The molecule has 0 radical (unpaired) electrons. The van der Waals surface area contributed by atoms with Gasteiger partial charge >= 0.3 is 0 Å². The maximum atomic E-state index is 11.7. The monoisotopic (exact) mass is 511 g/mol. The number of rotatable bonds is 5. The van der Waals surface area contributed by atoms with Crippen LogP contribution in [0.5, 0.6) is 0 Å². The van der Waals surface area contributed by atoms with Gasteiger partial charge in [-0.25, -0.2) is 0 Å². The molecule has 0 saturated carbocycles. The first-order valence-corrected chi connectivity index (χ1v) is 11.9. The first-order chi connectivity index (χ1) is 14.6. The molecule has 4 heterocycles. The number of aliphatic hydroxyl groups is 1. The highest BCUT2D eigenvalue weighted by Crippen LogP contribution is 2.48. The van der Waals surface area contributed by atoms with E-state index in [1.165, 1.54) is 15.6 Å². The van der Waals surface area contributed by atoms with Gasteiger partial charge in [0, 0.05) is 39.5 Å². The van der Waals surface area contributed by atoms with Crippen LogP contribution >= 0.6 is 22.6 Å². The molecule has 2 bridgehead atoms.